The zero-order valence-electron chi connectivity index (χ0n) is 18.6. The Labute approximate surface area is 199 Å². The van der Waals surface area contributed by atoms with Crippen LogP contribution in [0.3, 0.4) is 0 Å². The first-order valence-electron chi connectivity index (χ1n) is 11.2. The highest BCUT2D eigenvalue weighted by molar-refractivity contribution is 7.90. The number of aromatic nitrogens is 1. The van der Waals surface area contributed by atoms with Crippen molar-refractivity contribution in [2.45, 2.75) is 16.9 Å². The number of benzene rings is 4. The lowest BCUT2D eigenvalue weighted by Gasteiger charge is -2.34. The first-order chi connectivity index (χ1) is 16.6. The molecule has 168 valence electrons. The molecule has 5 aromatic rings. The number of rotatable bonds is 4. The van der Waals surface area contributed by atoms with E-state index in [9.17, 15) is 8.42 Å². The van der Waals surface area contributed by atoms with Crippen molar-refractivity contribution in [2.75, 3.05) is 7.11 Å². The summed E-state index contributed by atoms with van der Waals surface area (Å²) < 4.78 is 35.9. The van der Waals surface area contributed by atoms with E-state index in [0.29, 0.717) is 11.2 Å². The topological polar surface area (TPSA) is 48.3 Å². The number of hydrogen-bond acceptors (Lipinski definition) is 3. The van der Waals surface area contributed by atoms with Crippen molar-refractivity contribution in [1.82, 2.24) is 3.97 Å². The molecule has 1 aromatic heterocycles. The summed E-state index contributed by atoms with van der Waals surface area (Å²) in [6.45, 7) is 0. The molecular weight excluding hydrogens is 442 g/mol. The van der Waals surface area contributed by atoms with Gasteiger partial charge in [-0.05, 0) is 34.9 Å². The molecule has 0 saturated heterocycles. The third kappa shape index (κ3) is 2.98. The largest absolute Gasteiger partial charge is 0.376 e. The summed E-state index contributed by atoms with van der Waals surface area (Å²) in [5, 5.41) is 0.919. The lowest BCUT2D eigenvalue weighted by atomic mass is 9.75. The second-order valence-corrected chi connectivity index (χ2v) is 10.3. The molecule has 2 unspecified atom stereocenters. The number of methoxy groups -OCH3 is 1. The van der Waals surface area contributed by atoms with Crippen LogP contribution in [0.15, 0.2) is 114 Å². The highest BCUT2D eigenvalue weighted by Gasteiger charge is 2.41. The van der Waals surface area contributed by atoms with Gasteiger partial charge in [0.2, 0.25) is 0 Å². The zero-order valence-corrected chi connectivity index (χ0v) is 19.4. The molecule has 0 amide bonds. The Morgan fingerprint density at radius 1 is 0.735 bits per heavy atom. The summed E-state index contributed by atoms with van der Waals surface area (Å²) in [5.41, 5.74) is 5.31. The van der Waals surface area contributed by atoms with Crippen LogP contribution < -0.4 is 0 Å². The number of para-hydroxylation sites is 1. The van der Waals surface area contributed by atoms with E-state index in [-0.39, 0.29) is 16.9 Å². The van der Waals surface area contributed by atoms with Crippen molar-refractivity contribution >= 4 is 20.9 Å². The van der Waals surface area contributed by atoms with E-state index in [1.54, 1.807) is 31.4 Å². The molecule has 6 rings (SSSR count). The van der Waals surface area contributed by atoms with Gasteiger partial charge in [-0.2, -0.15) is 0 Å². The molecule has 4 aromatic carbocycles. The highest BCUT2D eigenvalue weighted by atomic mass is 32.2. The van der Waals surface area contributed by atoms with E-state index in [4.69, 9.17) is 4.74 Å². The Bertz CT molecular complexity index is 1610. The van der Waals surface area contributed by atoms with Gasteiger partial charge in [0.1, 0.15) is 0 Å². The Kier molecular flexibility index (Phi) is 4.90. The summed E-state index contributed by atoms with van der Waals surface area (Å²) in [5.74, 6) is -0.159. The van der Waals surface area contributed by atoms with Crippen LogP contribution in [0.25, 0.3) is 22.2 Å². The molecule has 0 N–H and O–H groups in total. The predicted octanol–water partition coefficient (Wildman–Crippen LogP) is 6.38. The average molecular weight is 466 g/mol. The quantitative estimate of drug-likeness (QED) is 0.309. The fourth-order valence-electron chi connectivity index (χ4n) is 5.31. The van der Waals surface area contributed by atoms with E-state index < -0.39 is 10.0 Å². The van der Waals surface area contributed by atoms with Crippen LogP contribution in [0.5, 0.6) is 0 Å². The van der Waals surface area contributed by atoms with Gasteiger partial charge < -0.3 is 4.74 Å². The van der Waals surface area contributed by atoms with E-state index in [0.717, 1.165) is 27.6 Å². The summed E-state index contributed by atoms with van der Waals surface area (Å²) in [6, 6.07) is 34.6. The summed E-state index contributed by atoms with van der Waals surface area (Å²) >= 11 is 0. The standard InChI is InChI=1S/C29H23NO3S/c1-33-29-23-17-9-8-16-22(23)28-27(26(29)20-12-4-2-5-13-20)24-18-10-11-19-25(24)30(28)34(31,32)21-14-6-3-7-15-21/h2-19,26,29H,1H3. The fourth-order valence-corrected chi connectivity index (χ4v) is 6.88. The SMILES string of the molecule is COC1c2ccccc2-c2c(c3ccccc3n2S(=O)(=O)c2ccccc2)C1c1ccccc1. The van der Waals surface area contributed by atoms with Gasteiger partial charge in [-0.1, -0.05) is 91.0 Å². The normalized spacial score (nSPS) is 17.3. The molecule has 0 fully saturated rings. The smallest absolute Gasteiger partial charge is 0.268 e. The highest BCUT2D eigenvalue weighted by Crippen LogP contribution is 2.54. The average Bonchev–Trinajstić information content (AvgIpc) is 3.25. The minimum absolute atomic E-state index is 0.159. The molecule has 1 aliphatic rings. The van der Waals surface area contributed by atoms with Crippen LogP contribution in [0.4, 0.5) is 0 Å². The van der Waals surface area contributed by atoms with E-state index in [2.05, 4.69) is 12.1 Å². The number of fused-ring (bicyclic) bond motifs is 5. The number of nitrogens with zero attached hydrogens (tertiary/aromatic N) is 1. The fraction of sp³-hybridized carbons (Fsp3) is 0.103. The van der Waals surface area contributed by atoms with Crippen LogP contribution >= 0.6 is 0 Å². The van der Waals surface area contributed by atoms with Crippen molar-refractivity contribution in [3.8, 4) is 11.3 Å². The molecule has 1 heterocycles. The molecular formula is C29H23NO3S. The van der Waals surface area contributed by atoms with Gasteiger partial charge in [0, 0.05) is 24.0 Å². The minimum Gasteiger partial charge on any atom is -0.376 e. The van der Waals surface area contributed by atoms with Gasteiger partial charge in [-0.3, -0.25) is 0 Å². The Morgan fingerprint density at radius 3 is 2.09 bits per heavy atom. The van der Waals surface area contributed by atoms with Crippen molar-refractivity contribution < 1.29 is 13.2 Å². The molecule has 0 radical (unpaired) electrons. The maximum absolute atomic E-state index is 14.1. The van der Waals surface area contributed by atoms with E-state index in [1.807, 2.05) is 72.8 Å². The Morgan fingerprint density at radius 2 is 1.35 bits per heavy atom. The molecule has 1 aliphatic carbocycles. The first kappa shape index (κ1) is 20.9. The third-order valence-electron chi connectivity index (χ3n) is 6.70. The second-order valence-electron chi connectivity index (χ2n) is 8.49. The van der Waals surface area contributed by atoms with Crippen molar-refractivity contribution in [1.29, 1.82) is 0 Å². The van der Waals surface area contributed by atoms with Crippen LogP contribution in [-0.4, -0.2) is 19.5 Å². The van der Waals surface area contributed by atoms with Gasteiger partial charge >= 0.3 is 0 Å². The van der Waals surface area contributed by atoms with Crippen molar-refractivity contribution in [3.63, 3.8) is 0 Å². The van der Waals surface area contributed by atoms with Gasteiger partial charge in [-0.25, -0.2) is 12.4 Å². The van der Waals surface area contributed by atoms with Crippen LogP contribution in [0.2, 0.25) is 0 Å². The summed E-state index contributed by atoms with van der Waals surface area (Å²) in [7, 11) is -2.14. The maximum atomic E-state index is 14.1. The Hall–Kier alpha value is -3.67. The van der Waals surface area contributed by atoms with Gasteiger partial charge in [-0.15, -0.1) is 0 Å². The molecule has 4 nitrogen and oxygen atoms in total. The van der Waals surface area contributed by atoms with Crippen molar-refractivity contribution in [3.05, 3.63) is 126 Å². The molecule has 2 atom stereocenters. The van der Waals surface area contributed by atoms with Crippen molar-refractivity contribution in [2.24, 2.45) is 0 Å². The van der Waals surface area contributed by atoms with Gasteiger partial charge in [0.05, 0.1) is 22.2 Å². The first-order valence-corrected chi connectivity index (χ1v) is 12.7. The second kappa shape index (κ2) is 7.97. The van der Waals surface area contributed by atoms with Gasteiger partial charge in [0.15, 0.2) is 0 Å². The lowest BCUT2D eigenvalue weighted by Crippen LogP contribution is -2.22. The Balaban J connectivity index is 1.79. The number of ether oxygens (including phenoxy) is 1. The minimum atomic E-state index is -3.86. The molecule has 0 saturated carbocycles. The molecule has 0 aliphatic heterocycles. The van der Waals surface area contributed by atoms with Crippen LogP contribution in [0, 0.1) is 0 Å². The lowest BCUT2D eigenvalue weighted by molar-refractivity contribution is 0.0885. The zero-order chi connectivity index (χ0) is 23.3. The van der Waals surface area contributed by atoms with Crippen LogP contribution in [0.1, 0.15) is 28.7 Å². The molecule has 5 heteroatoms. The third-order valence-corrected chi connectivity index (χ3v) is 8.43. The van der Waals surface area contributed by atoms with Crippen LogP contribution in [-0.2, 0) is 14.8 Å². The van der Waals surface area contributed by atoms with E-state index in [1.165, 1.54) is 3.97 Å². The molecule has 34 heavy (non-hydrogen) atoms. The van der Waals surface area contributed by atoms with E-state index >= 15 is 0 Å². The maximum Gasteiger partial charge on any atom is 0.268 e. The molecule has 0 spiro atoms. The summed E-state index contributed by atoms with van der Waals surface area (Å²) in [4.78, 5) is 0.265. The monoisotopic (exact) mass is 465 g/mol. The number of hydrogen-bond donors (Lipinski definition) is 0. The summed E-state index contributed by atoms with van der Waals surface area (Å²) in [6.07, 6.45) is -0.246. The predicted molar refractivity (Wildman–Crippen MR) is 134 cm³/mol. The van der Waals surface area contributed by atoms with Gasteiger partial charge in [0.25, 0.3) is 10.0 Å². The molecule has 0 bridgehead atoms.